The van der Waals surface area contributed by atoms with Gasteiger partial charge in [0, 0.05) is 13.2 Å². The fourth-order valence-corrected chi connectivity index (χ4v) is 3.63. The van der Waals surface area contributed by atoms with Crippen LogP contribution in [0.5, 0.6) is 5.75 Å². The SMILES string of the molecule is CC(C)(C)OC(=O)N1CCC(COCc2ccccc2)CC1COc1ccccc1. The summed E-state index contributed by atoms with van der Waals surface area (Å²) in [6, 6.07) is 19.9. The Morgan fingerprint density at radius 2 is 1.67 bits per heavy atom. The summed E-state index contributed by atoms with van der Waals surface area (Å²) in [5, 5.41) is 0. The van der Waals surface area contributed by atoms with Gasteiger partial charge in [-0.05, 0) is 57.2 Å². The van der Waals surface area contributed by atoms with Crippen molar-refractivity contribution in [2.24, 2.45) is 5.92 Å². The number of ether oxygens (including phenoxy) is 3. The number of benzene rings is 2. The van der Waals surface area contributed by atoms with Gasteiger partial charge in [-0.2, -0.15) is 0 Å². The average molecular weight is 412 g/mol. The first-order valence-electron chi connectivity index (χ1n) is 10.7. The third kappa shape index (κ3) is 7.06. The quantitative estimate of drug-likeness (QED) is 0.620. The zero-order valence-corrected chi connectivity index (χ0v) is 18.3. The second-order valence-corrected chi connectivity index (χ2v) is 8.84. The molecule has 0 aliphatic carbocycles. The van der Waals surface area contributed by atoms with E-state index in [0.717, 1.165) is 18.6 Å². The predicted octanol–water partition coefficient (Wildman–Crippen LogP) is 5.30. The van der Waals surface area contributed by atoms with Gasteiger partial charge in [0.05, 0.1) is 12.6 Å². The fourth-order valence-electron chi connectivity index (χ4n) is 3.63. The molecule has 1 aliphatic heterocycles. The third-order valence-corrected chi connectivity index (χ3v) is 5.10. The van der Waals surface area contributed by atoms with Crippen LogP contribution in [0.4, 0.5) is 4.79 Å². The van der Waals surface area contributed by atoms with Gasteiger partial charge in [-0.25, -0.2) is 4.79 Å². The number of piperidine rings is 1. The average Bonchev–Trinajstić information content (AvgIpc) is 2.72. The molecule has 162 valence electrons. The highest BCUT2D eigenvalue weighted by molar-refractivity contribution is 5.68. The highest BCUT2D eigenvalue weighted by Gasteiger charge is 2.34. The minimum Gasteiger partial charge on any atom is -0.491 e. The number of para-hydroxylation sites is 1. The summed E-state index contributed by atoms with van der Waals surface area (Å²) in [7, 11) is 0. The molecule has 3 rings (SSSR count). The number of hydrogen-bond acceptors (Lipinski definition) is 4. The molecule has 0 radical (unpaired) electrons. The molecule has 2 atom stereocenters. The smallest absolute Gasteiger partial charge is 0.410 e. The Balaban J connectivity index is 1.58. The van der Waals surface area contributed by atoms with Gasteiger partial charge in [-0.1, -0.05) is 48.5 Å². The van der Waals surface area contributed by atoms with E-state index < -0.39 is 5.60 Å². The Kier molecular flexibility index (Phi) is 7.75. The number of rotatable bonds is 7. The minimum atomic E-state index is -0.516. The van der Waals surface area contributed by atoms with E-state index in [0.29, 0.717) is 32.3 Å². The molecule has 5 heteroatoms. The number of hydrogen-bond donors (Lipinski definition) is 0. The maximum Gasteiger partial charge on any atom is 0.410 e. The van der Waals surface area contributed by atoms with Crippen molar-refractivity contribution < 1.29 is 19.0 Å². The van der Waals surface area contributed by atoms with E-state index in [2.05, 4.69) is 12.1 Å². The normalized spacial score (nSPS) is 19.4. The molecule has 1 aliphatic rings. The van der Waals surface area contributed by atoms with Crippen LogP contribution >= 0.6 is 0 Å². The number of carbonyl (C=O) groups is 1. The molecule has 0 saturated carbocycles. The van der Waals surface area contributed by atoms with Gasteiger partial charge in [-0.3, -0.25) is 0 Å². The largest absolute Gasteiger partial charge is 0.491 e. The number of amides is 1. The van der Waals surface area contributed by atoms with E-state index in [9.17, 15) is 4.79 Å². The molecule has 1 heterocycles. The van der Waals surface area contributed by atoms with Crippen molar-refractivity contribution in [3.05, 3.63) is 66.2 Å². The number of nitrogens with zero attached hydrogens (tertiary/aromatic N) is 1. The Labute approximate surface area is 179 Å². The van der Waals surface area contributed by atoms with Crippen LogP contribution in [0.15, 0.2) is 60.7 Å². The van der Waals surface area contributed by atoms with Crippen molar-refractivity contribution in [2.45, 2.75) is 51.9 Å². The van der Waals surface area contributed by atoms with Crippen molar-refractivity contribution in [2.75, 3.05) is 19.8 Å². The lowest BCUT2D eigenvalue weighted by molar-refractivity contribution is -0.0134. The van der Waals surface area contributed by atoms with Gasteiger partial charge in [0.15, 0.2) is 0 Å². The zero-order chi connectivity index (χ0) is 21.4. The van der Waals surface area contributed by atoms with Crippen LogP contribution in [0, 0.1) is 5.92 Å². The second-order valence-electron chi connectivity index (χ2n) is 8.84. The van der Waals surface area contributed by atoms with Gasteiger partial charge in [0.25, 0.3) is 0 Å². The van der Waals surface area contributed by atoms with Gasteiger partial charge < -0.3 is 19.1 Å². The zero-order valence-electron chi connectivity index (χ0n) is 18.3. The molecule has 0 aromatic heterocycles. The maximum atomic E-state index is 12.8. The summed E-state index contributed by atoms with van der Waals surface area (Å²) in [5.41, 5.74) is 0.657. The molecular weight excluding hydrogens is 378 g/mol. The van der Waals surface area contributed by atoms with Crippen molar-refractivity contribution in [3.8, 4) is 5.75 Å². The summed E-state index contributed by atoms with van der Waals surface area (Å²) in [5.74, 6) is 1.20. The number of likely N-dealkylation sites (tertiary alicyclic amines) is 1. The summed E-state index contributed by atoms with van der Waals surface area (Å²) in [6.45, 7) is 8.06. The van der Waals surface area contributed by atoms with Gasteiger partial charge in [0.1, 0.15) is 18.0 Å². The molecule has 1 saturated heterocycles. The van der Waals surface area contributed by atoms with Crippen LogP contribution in [0.2, 0.25) is 0 Å². The second kappa shape index (κ2) is 10.5. The summed E-state index contributed by atoms with van der Waals surface area (Å²) in [6.07, 6.45) is 1.46. The van der Waals surface area contributed by atoms with E-state index in [1.54, 1.807) is 0 Å². The lowest BCUT2D eigenvalue weighted by atomic mass is 9.92. The Bertz CT molecular complexity index is 773. The van der Waals surface area contributed by atoms with Gasteiger partial charge in [0.2, 0.25) is 0 Å². The Hall–Kier alpha value is -2.53. The Morgan fingerprint density at radius 3 is 2.33 bits per heavy atom. The molecule has 30 heavy (non-hydrogen) atoms. The predicted molar refractivity (Wildman–Crippen MR) is 117 cm³/mol. The molecule has 0 spiro atoms. The van der Waals surface area contributed by atoms with Crippen LogP contribution in [-0.2, 0) is 16.1 Å². The fraction of sp³-hybridized carbons (Fsp3) is 0.480. The van der Waals surface area contributed by atoms with Crippen LogP contribution in [0.1, 0.15) is 39.2 Å². The molecule has 0 bridgehead atoms. The van der Waals surface area contributed by atoms with Crippen molar-refractivity contribution >= 4 is 6.09 Å². The van der Waals surface area contributed by atoms with Crippen molar-refractivity contribution in [1.29, 1.82) is 0 Å². The van der Waals surface area contributed by atoms with Crippen LogP contribution in [0.3, 0.4) is 0 Å². The number of carbonyl (C=O) groups excluding carboxylic acids is 1. The van der Waals surface area contributed by atoms with E-state index in [1.807, 2.05) is 74.2 Å². The minimum absolute atomic E-state index is 0.0425. The lowest BCUT2D eigenvalue weighted by Crippen LogP contribution is -2.51. The van der Waals surface area contributed by atoms with Crippen LogP contribution < -0.4 is 4.74 Å². The highest BCUT2D eigenvalue weighted by atomic mass is 16.6. The van der Waals surface area contributed by atoms with Crippen molar-refractivity contribution in [1.82, 2.24) is 4.90 Å². The first kappa shape index (κ1) is 22.2. The van der Waals surface area contributed by atoms with Crippen LogP contribution in [0.25, 0.3) is 0 Å². The van der Waals surface area contributed by atoms with E-state index in [1.165, 1.54) is 5.56 Å². The molecule has 5 nitrogen and oxygen atoms in total. The van der Waals surface area contributed by atoms with E-state index in [4.69, 9.17) is 14.2 Å². The lowest BCUT2D eigenvalue weighted by Gasteiger charge is -2.39. The third-order valence-electron chi connectivity index (χ3n) is 5.10. The van der Waals surface area contributed by atoms with Gasteiger partial charge >= 0.3 is 6.09 Å². The maximum absolute atomic E-state index is 12.8. The summed E-state index contributed by atoms with van der Waals surface area (Å²) < 4.78 is 17.6. The molecule has 2 aromatic carbocycles. The summed E-state index contributed by atoms with van der Waals surface area (Å²) in [4.78, 5) is 14.6. The first-order chi connectivity index (χ1) is 14.4. The molecule has 2 unspecified atom stereocenters. The highest BCUT2D eigenvalue weighted by Crippen LogP contribution is 2.26. The summed E-state index contributed by atoms with van der Waals surface area (Å²) >= 11 is 0. The monoisotopic (exact) mass is 411 g/mol. The molecule has 1 amide bonds. The van der Waals surface area contributed by atoms with Gasteiger partial charge in [-0.15, -0.1) is 0 Å². The molecule has 1 fully saturated rings. The van der Waals surface area contributed by atoms with Crippen molar-refractivity contribution in [3.63, 3.8) is 0 Å². The van der Waals surface area contributed by atoms with E-state index in [-0.39, 0.29) is 12.1 Å². The molecular formula is C25H33NO4. The van der Waals surface area contributed by atoms with E-state index >= 15 is 0 Å². The molecule has 2 aromatic rings. The Morgan fingerprint density at radius 1 is 1.00 bits per heavy atom. The van der Waals surface area contributed by atoms with Crippen LogP contribution in [-0.4, -0.2) is 42.4 Å². The molecule has 0 N–H and O–H groups in total. The topological polar surface area (TPSA) is 48.0 Å². The standard InChI is InChI=1S/C25H33NO4/c1-25(2,3)30-24(27)26-15-14-21(18-28-17-20-10-6-4-7-11-20)16-22(26)19-29-23-12-8-5-9-13-23/h4-13,21-22H,14-19H2,1-3H3. The first-order valence-corrected chi connectivity index (χ1v) is 10.7.